The number of carbonyl (C=O) groups is 3. The van der Waals surface area contributed by atoms with Crippen LogP contribution in [0.4, 0.5) is 0 Å². The number of benzene rings is 1. The molecule has 1 aromatic carbocycles. The molecule has 41 heavy (non-hydrogen) atoms. The summed E-state index contributed by atoms with van der Waals surface area (Å²) in [4.78, 5) is 69.2. The Balaban J connectivity index is 0.000000216. The van der Waals surface area contributed by atoms with E-state index in [4.69, 9.17) is 20.4 Å². The first-order valence-corrected chi connectivity index (χ1v) is 11.8. The largest absolute Gasteiger partial charge is 0.481 e. The second kappa shape index (κ2) is 12.7. The van der Waals surface area contributed by atoms with E-state index in [1.165, 1.54) is 17.9 Å². The zero-order chi connectivity index (χ0) is 31.2. The average molecular weight is 575 g/mol. The third-order valence-corrected chi connectivity index (χ3v) is 5.95. The van der Waals surface area contributed by atoms with Crippen molar-refractivity contribution in [3.05, 3.63) is 79.6 Å². The van der Waals surface area contributed by atoms with Gasteiger partial charge in [-0.15, -0.1) is 0 Å². The molecule has 3 heterocycles. The van der Waals surface area contributed by atoms with Gasteiger partial charge in [-0.05, 0) is 19.1 Å². The van der Waals surface area contributed by atoms with Gasteiger partial charge in [0.25, 0.3) is 11.1 Å². The van der Waals surface area contributed by atoms with Crippen molar-refractivity contribution >= 4 is 29.1 Å². The van der Waals surface area contributed by atoms with Crippen LogP contribution in [0.25, 0.3) is 16.9 Å². The first-order valence-electron chi connectivity index (χ1n) is 11.8. The monoisotopic (exact) mass is 574 g/mol. The summed E-state index contributed by atoms with van der Waals surface area (Å²) in [5.74, 6) is -5.02. The molecule has 0 amide bonds. The topological polar surface area (TPSA) is 221 Å². The van der Waals surface area contributed by atoms with Crippen LogP contribution in [0.5, 0.6) is 0 Å². The van der Waals surface area contributed by atoms with Crippen LogP contribution in [-0.4, -0.2) is 72.0 Å². The Kier molecular flexibility index (Phi) is 9.93. The van der Waals surface area contributed by atoms with Gasteiger partial charge in [-0.25, -0.2) is 19.3 Å². The highest BCUT2D eigenvalue weighted by atomic mass is 16.4. The number of aliphatic carboxylic acids is 3. The molecule has 4 aromatic rings. The van der Waals surface area contributed by atoms with Gasteiger partial charge < -0.3 is 25.0 Å². The number of nitrogens with zero attached hydrogens (tertiary/aromatic N) is 6. The molecule has 0 fully saturated rings. The lowest BCUT2D eigenvalue weighted by atomic mass is 9.96. The molecule has 4 rings (SSSR count). The Morgan fingerprint density at radius 2 is 1.41 bits per heavy atom. The van der Waals surface area contributed by atoms with Gasteiger partial charge in [0.05, 0.1) is 24.9 Å². The number of aromatic nitrogens is 6. The van der Waals surface area contributed by atoms with Gasteiger partial charge in [-0.3, -0.25) is 33.0 Å². The summed E-state index contributed by atoms with van der Waals surface area (Å²) < 4.78 is 7.53. The van der Waals surface area contributed by atoms with Crippen molar-refractivity contribution in [1.29, 1.82) is 0 Å². The van der Waals surface area contributed by atoms with Crippen LogP contribution < -0.4 is 16.8 Å². The highest BCUT2D eigenvalue weighted by molar-refractivity contribution is 5.88. The molecule has 0 aliphatic carbocycles. The van der Waals surface area contributed by atoms with Gasteiger partial charge in [0, 0.05) is 40.0 Å². The quantitative estimate of drug-likeness (QED) is 0.223. The van der Waals surface area contributed by atoms with Gasteiger partial charge in [-0.1, -0.05) is 18.2 Å². The van der Waals surface area contributed by atoms with Crippen LogP contribution >= 0.6 is 0 Å². The van der Waals surface area contributed by atoms with Crippen LogP contribution in [-0.2, 0) is 42.6 Å². The summed E-state index contributed by atoms with van der Waals surface area (Å²) in [5.41, 5.74) is -0.694. The fourth-order valence-electron chi connectivity index (χ4n) is 3.69. The zero-order valence-electron chi connectivity index (χ0n) is 22.9. The summed E-state index contributed by atoms with van der Waals surface area (Å²) in [5, 5.41) is 33.8. The van der Waals surface area contributed by atoms with Crippen molar-refractivity contribution < 1.29 is 34.8 Å². The Morgan fingerprint density at radius 1 is 0.878 bits per heavy atom. The lowest BCUT2D eigenvalue weighted by molar-refractivity contribution is -0.170. The number of rotatable bonds is 6. The molecule has 0 spiro atoms. The molecule has 220 valence electrons. The molecular weight excluding hydrogens is 544 g/mol. The van der Waals surface area contributed by atoms with Crippen LogP contribution in [0.1, 0.15) is 18.5 Å². The van der Waals surface area contributed by atoms with Gasteiger partial charge in [0.15, 0.2) is 16.8 Å². The van der Waals surface area contributed by atoms with Crippen LogP contribution in [0.3, 0.4) is 0 Å². The third-order valence-electron chi connectivity index (χ3n) is 5.95. The van der Waals surface area contributed by atoms with E-state index in [2.05, 4.69) is 4.98 Å². The van der Waals surface area contributed by atoms with E-state index in [1.54, 1.807) is 29.4 Å². The third kappa shape index (κ3) is 7.24. The predicted molar refractivity (Wildman–Crippen MR) is 144 cm³/mol. The van der Waals surface area contributed by atoms with Gasteiger partial charge in [0.1, 0.15) is 0 Å². The molecular formula is C25H30N6O10. The number of fused-ring (bicyclic) bond motifs is 1. The van der Waals surface area contributed by atoms with E-state index >= 15 is 0 Å². The zero-order valence-corrected chi connectivity index (χ0v) is 22.9. The Bertz CT molecular complexity index is 1740. The number of para-hydroxylation sites is 1. The minimum absolute atomic E-state index is 0.0104. The second-order valence-corrected chi connectivity index (χ2v) is 9.01. The van der Waals surface area contributed by atoms with Crippen LogP contribution in [0.2, 0.25) is 0 Å². The molecule has 0 radical (unpaired) electrons. The van der Waals surface area contributed by atoms with Crippen molar-refractivity contribution in [1.82, 2.24) is 28.0 Å². The van der Waals surface area contributed by atoms with Crippen LogP contribution in [0, 0.1) is 6.92 Å². The van der Waals surface area contributed by atoms with Crippen molar-refractivity contribution in [2.45, 2.75) is 25.4 Å². The molecule has 0 aliphatic heterocycles. The van der Waals surface area contributed by atoms with Crippen molar-refractivity contribution in [3.63, 3.8) is 0 Å². The molecule has 0 bridgehead atoms. The maximum absolute atomic E-state index is 11.7. The SMILES string of the molecule is Cc1cc(=O)n(-c2ccccc2)n1C.Cn1c(=O)c2c(ncn2C)n(C)c1=O.O=C(O)CC(O)(CC(=O)O)C(=O)O. The smallest absolute Gasteiger partial charge is 0.336 e. The second-order valence-electron chi connectivity index (χ2n) is 9.01. The highest BCUT2D eigenvalue weighted by Gasteiger charge is 2.40. The molecule has 0 saturated heterocycles. The first-order chi connectivity index (χ1) is 19.0. The summed E-state index contributed by atoms with van der Waals surface area (Å²) >= 11 is 0. The Morgan fingerprint density at radius 3 is 1.85 bits per heavy atom. The maximum atomic E-state index is 11.7. The molecule has 0 atom stereocenters. The fraction of sp³-hybridized carbons (Fsp3) is 0.320. The van der Waals surface area contributed by atoms with Gasteiger partial charge in [-0.2, -0.15) is 0 Å². The minimum atomic E-state index is -2.74. The molecule has 3 aromatic heterocycles. The van der Waals surface area contributed by atoms with E-state index in [0.717, 1.165) is 15.9 Å². The Labute approximate surface area is 231 Å². The molecule has 0 aliphatic rings. The number of hydrogen-bond acceptors (Lipinski definition) is 8. The fourth-order valence-corrected chi connectivity index (χ4v) is 3.69. The first kappa shape index (κ1) is 32.0. The molecule has 0 unspecified atom stereocenters. The van der Waals surface area contributed by atoms with Crippen LogP contribution in [0.15, 0.2) is 57.1 Å². The number of hydrogen-bond donors (Lipinski definition) is 4. The summed E-state index contributed by atoms with van der Waals surface area (Å²) in [7, 11) is 6.65. The molecule has 16 heteroatoms. The number of carboxylic acid groups (broad SMARTS) is 3. The van der Waals surface area contributed by atoms with Gasteiger partial charge in [0.2, 0.25) is 0 Å². The predicted octanol–water partition coefficient (Wildman–Crippen LogP) is -0.793. The standard InChI is InChI=1S/C11H12N2O.C8H10N4O2.C6H8O7/c1-9-8-11(14)13(12(9)2)10-6-4-3-5-7-10;1-10-4-9-6-5(10)7(13)12(3)8(14)11(6)2;7-3(8)1-6(13,5(11)12)2-4(9)10/h3-8H,1-2H3;4H,1-3H3;13H,1-2H2,(H,7,8)(H,9,10)(H,11,12). The van der Waals surface area contributed by atoms with E-state index < -0.39 is 36.4 Å². The lowest BCUT2D eigenvalue weighted by Crippen LogP contribution is -2.42. The lowest BCUT2D eigenvalue weighted by Gasteiger charge is -2.18. The number of carboxylic acids is 3. The van der Waals surface area contributed by atoms with E-state index in [0.29, 0.717) is 11.2 Å². The summed E-state index contributed by atoms with van der Waals surface area (Å²) in [6, 6.07) is 11.2. The molecule has 0 saturated carbocycles. The number of aryl methyl sites for hydroxylation is 3. The van der Waals surface area contributed by atoms with E-state index in [-0.39, 0.29) is 16.8 Å². The normalized spacial score (nSPS) is 10.8. The van der Waals surface area contributed by atoms with Crippen molar-refractivity contribution in [2.75, 3.05) is 0 Å². The number of imidazole rings is 1. The average Bonchev–Trinajstić information content (AvgIpc) is 3.39. The maximum Gasteiger partial charge on any atom is 0.336 e. The van der Waals surface area contributed by atoms with Crippen molar-refractivity contribution in [3.8, 4) is 5.69 Å². The summed E-state index contributed by atoms with van der Waals surface area (Å²) in [6.45, 7) is 1.92. The van der Waals surface area contributed by atoms with Crippen molar-refractivity contribution in [2.24, 2.45) is 28.2 Å². The van der Waals surface area contributed by atoms with Gasteiger partial charge >= 0.3 is 23.6 Å². The highest BCUT2D eigenvalue weighted by Crippen LogP contribution is 2.15. The summed E-state index contributed by atoms with van der Waals surface area (Å²) in [6.07, 6.45) is -0.769. The molecule has 16 nitrogen and oxygen atoms in total. The number of aliphatic hydroxyl groups is 1. The Hall–Kier alpha value is -5.25. The van der Waals surface area contributed by atoms with E-state index in [9.17, 15) is 28.8 Å². The molecule has 4 N–H and O–H groups in total. The van der Waals surface area contributed by atoms with E-state index in [1.807, 2.05) is 49.0 Å². The minimum Gasteiger partial charge on any atom is -0.481 e.